The maximum Gasteiger partial charge on any atom is 0.352 e. The van der Waals surface area contributed by atoms with Crippen LogP contribution in [0.15, 0.2) is 23.5 Å². The molecule has 1 aromatic rings. The molecule has 1 saturated heterocycles. The van der Waals surface area contributed by atoms with E-state index >= 15 is 0 Å². The average molecular weight is 338 g/mol. The number of hydrogen-bond acceptors (Lipinski definition) is 5. The minimum Gasteiger partial charge on any atom is -0.477 e. The molecule has 0 saturated carbocycles. The molecule has 0 unspecified atom stereocenters. The molecule has 2 atom stereocenters. The minimum atomic E-state index is -1.13. The highest BCUT2D eigenvalue weighted by Gasteiger charge is 2.52. The van der Waals surface area contributed by atoms with Gasteiger partial charge in [-0.25, -0.2) is 4.79 Å². The van der Waals surface area contributed by atoms with Gasteiger partial charge in [0.1, 0.15) is 17.1 Å². The molecule has 2 amide bonds. The fourth-order valence-electron chi connectivity index (χ4n) is 2.76. The Bertz CT molecular complexity index is 728. The number of rotatable bonds is 5. The van der Waals surface area contributed by atoms with Gasteiger partial charge in [-0.05, 0) is 0 Å². The number of carbonyl (C=O) groups excluding carboxylic acids is 2. The van der Waals surface area contributed by atoms with Crippen LogP contribution in [-0.2, 0) is 28.0 Å². The second-order valence-electron chi connectivity index (χ2n) is 5.28. The van der Waals surface area contributed by atoms with E-state index in [0.717, 1.165) is 0 Å². The number of carboxylic acid groups (broad SMARTS) is 1. The van der Waals surface area contributed by atoms with E-state index in [-0.39, 0.29) is 17.0 Å². The van der Waals surface area contributed by atoms with Crippen LogP contribution in [0.1, 0.15) is 0 Å². The molecule has 0 aliphatic carbocycles. The summed E-state index contributed by atoms with van der Waals surface area (Å²) in [5, 5.41) is 11.7. The number of β-lactam (4-membered cyclic amide) rings is 1. The van der Waals surface area contributed by atoms with Gasteiger partial charge in [0, 0.05) is 11.3 Å². The molecule has 4 N–H and O–H groups in total. The van der Waals surface area contributed by atoms with Gasteiger partial charge in [0.05, 0.1) is 13.1 Å². The Kier molecular flexibility index (Phi) is 3.86. The fraction of sp³-hybridized carbons (Fsp3) is 0.385. The lowest BCUT2D eigenvalue weighted by atomic mass is 10.0. The summed E-state index contributed by atoms with van der Waals surface area (Å²) in [6.45, 7) is 0.303. The Morgan fingerprint density at radius 3 is 3.04 bits per heavy atom. The van der Waals surface area contributed by atoms with Crippen molar-refractivity contribution < 1.29 is 24.2 Å². The highest BCUT2D eigenvalue weighted by molar-refractivity contribution is 8.00. The van der Waals surface area contributed by atoms with Crippen LogP contribution in [0.25, 0.3) is 0 Å². The van der Waals surface area contributed by atoms with E-state index in [4.69, 9.17) is 5.73 Å². The Morgan fingerprint density at radius 1 is 1.65 bits per heavy atom. The SMILES string of the molecule is Cn1c(NC=O)cc[n+]1CC1=C(C(=O)O)N2C(=O)[C@@H](N)[C@H]2SC1. The standard InChI is InChI=1S/C13H15N5O4S/c1-16-8(15-6-19)2-3-17(16)4-7-5-23-12-9(14)11(20)18(12)10(7)13(21)22/h2-3,6,9,12H,4-5,14H2,1H3,(H,21,22)/p+1/t9-,12-/m1/s1. The van der Waals surface area contributed by atoms with Crippen molar-refractivity contribution in [2.45, 2.75) is 18.0 Å². The Balaban J connectivity index is 1.92. The summed E-state index contributed by atoms with van der Waals surface area (Å²) in [5.74, 6) is -0.428. The summed E-state index contributed by atoms with van der Waals surface area (Å²) >= 11 is 1.46. The number of thioether (sulfide) groups is 1. The molecule has 3 heterocycles. The van der Waals surface area contributed by atoms with Crippen LogP contribution in [-0.4, -0.2) is 50.1 Å². The van der Waals surface area contributed by atoms with Crippen LogP contribution in [0.3, 0.4) is 0 Å². The van der Waals surface area contributed by atoms with Crippen LogP contribution >= 0.6 is 11.8 Å². The van der Waals surface area contributed by atoms with E-state index < -0.39 is 12.0 Å². The van der Waals surface area contributed by atoms with E-state index in [1.807, 2.05) is 0 Å². The molecule has 23 heavy (non-hydrogen) atoms. The molecule has 1 fully saturated rings. The summed E-state index contributed by atoms with van der Waals surface area (Å²) in [6, 6.07) is 1.07. The monoisotopic (exact) mass is 338 g/mol. The summed E-state index contributed by atoms with van der Waals surface area (Å²) in [4.78, 5) is 35.3. The van der Waals surface area contributed by atoms with E-state index in [0.29, 0.717) is 30.1 Å². The maximum absolute atomic E-state index is 11.9. The lowest BCUT2D eigenvalue weighted by Crippen LogP contribution is -2.68. The van der Waals surface area contributed by atoms with Crippen molar-refractivity contribution in [3.63, 3.8) is 0 Å². The summed E-state index contributed by atoms with van der Waals surface area (Å²) < 4.78 is 3.45. The zero-order valence-electron chi connectivity index (χ0n) is 12.3. The molecule has 0 radical (unpaired) electrons. The van der Waals surface area contributed by atoms with Crippen LogP contribution in [0.4, 0.5) is 5.82 Å². The van der Waals surface area contributed by atoms with Crippen LogP contribution in [0.2, 0.25) is 0 Å². The van der Waals surface area contributed by atoms with E-state index in [1.165, 1.54) is 16.7 Å². The average Bonchev–Trinajstić information content (AvgIpc) is 2.87. The fourth-order valence-corrected chi connectivity index (χ4v) is 4.04. The number of amides is 2. The zero-order chi connectivity index (χ0) is 16.7. The smallest absolute Gasteiger partial charge is 0.352 e. The van der Waals surface area contributed by atoms with Crippen LogP contribution in [0, 0.1) is 0 Å². The summed E-state index contributed by atoms with van der Waals surface area (Å²) in [6.07, 6.45) is 2.31. The van der Waals surface area contributed by atoms with E-state index in [9.17, 15) is 19.5 Å². The number of carboxylic acids is 1. The molecule has 10 heteroatoms. The molecule has 0 bridgehead atoms. The second kappa shape index (κ2) is 5.70. The number of fused-ring (bicyclic) bond motifs is 1. The van der Waals surface area contributed by atoms with E-state index in [1.54, 1.807) is 28.7 Å². The molecular weight excluding hydrogens is 322 g/mol. The van der Waals surface area contributed by atoms with Crippen molar-refractivity contribution in [3.8, 4) is 0 Å². The Labute approximate surface area is 135 Å². The van der Waals surface area contributed by atoms with E-state index in [2.05, 4.69) is 5.32 Å². The van der Waals surface area contributed by atoms with Gasteiger partial charge in [0.2, 0.25) is 12.3 Å². The minimum absolute atomic E-state index is 0.0130. The van der Waals surface area contributed by atoms with Gasteiger partial charge in [-0.15, -0.1) is 21.1 Å². The highest BCUT2D eigenvalue weighted by Crippen LogP contribution is 2.39. The lowest BCUT2D eigenvalue weighted by Gasteiger charge is -2.47. The van der Waals surface area contributed by atoms with Gasteiger partial charge in [0.25, 0.3) is 0 Å². The summed E-state index contributed by atoms with van der Waals surface area (Å²) in [5.41, 5.74) is 6.36. The van der Waals surface area contributed by atoms with Crippen molar-refractivity contribution in [1.29, 1.82) is 0 Å². The topological polar surface area (TPSA) is 122 Å². The third-order valence-electron chi connectivity index (χ3n) is 3.99. The number of aromatic nitrogens is 2. The normalized spacial score (nSPS) is 23.4. The van der Waals surface area contributed by atoms with Crippen molar-refractivity contribution in [2.75, 3.05) is 11.1 Å². The van der Waals surface area contributed by atoms with Crippen molar-refractivity contribution in [3.05, 3.63) is 23.5 Å². The second-order valence-corrected chi connectivity index (χ2v) is 6.38. The van der Waals surface area contributed by atoms with Gasteiger partial charge >= 0.3 is 5.97 Å². The third kappa shape index (κ3) is 2.39. The predicted molar refractivity (Wildman–Crippen MR) is 81.0 cm³/mol. The van der Waals surface area contributed by atoms with Crippen LogP contribution < -0.4 is 15.7 Å². The van der Waals surface area contributed by atoms with Gasteiger partial charge < -0.3 is 16.2 Å². The number of nitrogens with one attached hydrogen (secondary N) is 1. The number of nitrogens with two attached hydrogens (primary N) is 1. The molecule has 2 aliphatic rings. The maximum atomic E-state index is 11.9. The first-order valence-corrected chi connectivity index (χ1v) is 7.91. The number of hydrogen-bond donors (Lipinski definition) is 3. The molecule has 0 spiro atoms. The number of aliphatic carboxylic acids is 1. The third-order valence-corrected chi connectivity index (χ3v) is 5.35. The van der Waals surface area contributed by atoms with Crippen molar-refractivity contribution >= 4 is 35.9 Å². The Hall–Kier alpha value is -2.33. The van der Waals surface area contributed by atoms with Gasteiger partial charge in [-0.1, -0.05) is 0 Å². The lowest BCUT2D eigenvalue weighted by molar-refractivity contribution is -0.765. The van der Waals surface area contributed by atoms with Crippen molar-refractivity contribution in [2.24, 2.45) is 12.8 Å². The number of nitrogens with zero attached hydrogens (tertiary/aromatic N) is 3. The Morgan fingerprint density at radius 2 is 2.39 bits per heavy atom. The molecule has 1 aromatic heterocycles. The van der Waals surface area contributed by atoms with Crippen LogP contribution in [0.5, 0.6) is 0 Å². The molecule has 0 aromatic carbocycles. The first kappa shape index (κ1) is 15.6. The van der Waals surface area contributed by atoms with Gasteiger partial charge in [-0.2, -0.15) is 0 Å². The number of carbonyl (C=O) groups is 3. The molecule has 122 valence electrons. The molecule has 3 rings (SSSR count). The molecule has 2 aliphatic heterocycles. The first-order chi connectivity index (χ1) is 11.0. The highest BCUT2D eigenvalue weighted by atomic mass is 32.2. The number of anilines is 1. The zero-order valence-corrected chi connectivity index (χ0v) is 13.1. The largest absolute Gasteiger partial charge is 0.477 e. The predicted octanol–water partition coefficient (Wildman–Crippen LogP) is -1.54. The summed E-state index contributed by atoms with van der Waals surface area (Å²) in [7, 11) is 1.75. The van der Waals surface area contributed by atoms with Crippen molar-refractivity contribution in [1.82, 2.24) is 9.58 Å². The first-order valence-electron chi connectivity index (χ1n) is 6.87. The molecule has 9 nitrogen and oxygen atoms in total. The quantitative estimate of drug-likeness (QED) is 0.340. The van der Waals surface area contributed by atoms with Gasteiger partial charge in [0.15, 0.2) is 18.6 Å². The van der Waals surface area contributed by atoms with Gasteiger partial charge in [-0.3, -0.25) is 14.5 Å². The molecular formula is C13H16N5O4S+.